The van der Waals surface area contributed by atoms with Crippen LogP contribution in [0.5, 0.6) is 0 Å². The number of hydrogen-bond acceptors (Lipinski definition) is 4. The normalized spacial score (nSPS) is 17.5. The Labute approximate surface area is 203 Å². The fraction of sp³-hybridized carbons (Fsp3) is 0.565. The third kappa shape index (κ3) is 8.42. The second-order valence-corrected chi connectivity index (χ2v) is 8.38. The van der Waals surface area contributed by atoms with Gasteiger partial charge in [-0.2, -0.15) is 0 Å². The van der Waals surface area contributed by atoms with Gasteiger partial charge in [0.05, 0.1) is 12.7 Å². The number of nitrogens with zero attached hydrogens (tertiary/aromatic N) is 4. The van der Waals surface area contributed by atoms with Crippen molar-refractivity contribution in [3.8, 4) is 0 Å². The highest BCUT2D eigenvalue weighted by atomic mass is 127. The maximum atomic E-state index is 5.93. The van der Waals surface area contributed by atoms with Crippen LogP contribution in [-0.4, -0.2) is 66.3 Å². The SMILES string of the molecule is CN=C(NCc1cccc(Cn2ccnc2C)c1)NCC1CN(CC(C)C)CCO1.I. The standard InChI is InChI=1S/C23H36N6O.HI/c1-18(2)15-28-10-11-30-22(17-28)14-27-23(24-4)26-13-20-6-5-7-21(12-20)16-29-9-8-25-19(29)3;/h5-9,12,18,22H,10-11,13-17H2,1-4H3,(H2,24,26,27);1H. The first-order valence-corrected chi connectivity index (χ1v) is 10.9. The smallest absolute Gasteiger partial charge is 0.191 e. The molecule has 3 rings (SSSR count). The number of hydrogen-bond donors (Lipinski definition) is 2. The number of halogens is 1. The molecule has 1 aromatic heterocycles. The lowest BCUT2D eigenvalue weighted by molar-refractivity contribution is -0.0284. The van der Waals surface area contributed by atoms with E-state index in [0.717, 1.165) is 57.7 Å². The summed E-state index contributed by atoms with van der Waals surface area (Å²) in [7, 11) is 1.81. The number of aryl methyl sites for hydroxylation is 1. The van der Waals surface area contributed by atoms with Crippen LogP contribution in [0, 0.1) is 12.8 Å². The quantitative estimate of drug-likeness (QED) is 0.306. The molecule has 1 fully saturated rings. The molecule has 2 heterocycles. The number of rotatable bonds is 8. The molecule has 172 valence electrons. The van der Waals surface area contributed by atoms with Gasteiger partial charge in [-0.1, -0.05) is 38.1 Å². The highest BCUT2D eigenvalue weighted by molar-refractivity contribution is 14.0. The van der Waals surface area contributed by atoms with Gasteiger partial charge < -0.3 is 19.9 Å². The van der Waals surface area contributed by atoms with Crippen LogP contribution in [-0.2, 0) is 17.8 Å². The summed E-state index contributed by atoms with van der Waals surface area (Å²) in [5, 5.41) is 6.83. The van der Waals surface area contributed by atoms with Crippen LogP contribution in [0.4, 0.5) is 0 Å². The van der Waals surface area contributed by atoms with Gasteiger partial charge in [0.2, 0.25) is 0 Å². The van der Waals surface area contributed by atoms with Gasteiger partial charge in [-0.3, -0.25) is 9.89 Å². The number of guanidine groups is 1. The van der Waals surface area contributed by atoms with Crippen LogP contribution in [0.1, 0.15) is 30.8 Å². The monoisotopic (exact) mass is 540 g/mol. The molecule has 7 nitrogen and oxygen atoms in total. The molecule has 0 spiro atoms. The predicted molar refractivity (Wildman–Crippen MR) is 137 cm³/mol. The molecule has 0 amide bonds. The van der Waals surface area contributed by atoms with E-state index in [0.29, 0.717) is 5.92 Å². The molecule has 0 radical (unpaired) electrons. The summed E-state index contributed by atoms with van der Waals surface area (Å²) in [5.74, 6) is 2.51. The molecule has 1 aliphatic rings. The maximum Gasteiger partial charge on any atom is 0.191 e. The van der Waals surface area contributed by atoms with E-state index in [9.17, 15) is 0 Å². The predicted octanol–water partition coefficient (Wildman–Crippen LogP) is 2.88. The van der Waals surface area contributed by atoms with Crippen LogP contribution in [0.3, 0.4) is 0 Å². The number of aromatic nitrogens is 2. The van der Waals surface area contributed by atoms with Crippen LogP contribution >= 0.6 is 24.0 Å². The van der Waals surface area contributed by atoms with Gasteiger partial charge >= 0.3 is 0 Å². The first-order chi connectivity index (χ1) is 14.5. The van der Waals surface area contributed by atoms with Crippen molar-refractivity contribution in [2.75, 3.05) is 39.8 Å². The summed E-state index contributed by atoms with van der Waals surface area (Å²) in [4.78, 5) is 11.1. The third-order valence-electron chi connectivity index (χ3n) is 5.29. The molecule has 0 aliphatic carbocycles. The third-order valence-corrected chi connectivity index (χ3v) is 5.29. The van der Waals surface area contributed by atoms with Crippen molar-refractivity contribution in [3.05, 3.63) is 53.6 Å². The van der Waals surface area contributed by atoms with E-state index in [1.165, 1.54) is 11.1 Å². The van der Waals surface area contributed by atoms with Gasteiger partial charge in [0.1, 0.15) is 5.82 Å². The van der Waals surface area contributed by atoms with Crippen LogP contribution in [0.25, 0.3) is 0 Å². The summed E-state index contributed by atoms with van der Waals surface area (Å²) in [6.07, 6.45) is 4.05. The average Bonchev–Trinajstić information content (AvgIpc) is 3.12. The van der Waals surface area contributed by atoms with Crippen molar-refractivity contribution in [1.82, 2.24) is 25.1 Å². The van der Waals surface area contributed by atoms with Gasteiger partial charge in [0.15, 0.2) is 5.96 Å². The summed E-state index contributed by atoms with van der Waals surface area (Å²) in [5.41, 5.74) is 2.49. The molecular formula is C23H37IN6O. The summed E-state index contributed by atoms with van der Waals surface area (Å²) >= 11 is 0. The zero-order chi connectivity index (χ0) is 21.3. The minimum absolute atomic E-state index is 0. The van der Waals surface area contributed by atoms with E-state index in [1.54, 1.807) is 7.05 Å². The molecule has 1 unspecified atom stereocenters. The van der Waals surface area contributed by atoms with E-state index >= 15 is 0 Å². The Hall–Kier alpha value is -1.65. The van der Waals surface area contributed by atoms with E-state index in [4.69, 9.17) is 4.74 Å². The Bertz CT molecular complexity index is 822. The van der Waals surface area contributed by atoms with E-state index in [1.807, 2.05) is 19.3 Å². The fourth-order valence-corrected chi connectivity index (χ4v) is 3.81. The molecule has 2 aromatic rings. The van der Waals surface area contributed by atoms with Crippen LogP contribution < -0.4 is 10.6 Å². The van der Waals surface area contributed by atoms with Crippen molar-refractivity contribution < 1.29 is 4.74 Å². The minimum atomic E-state index is 0. The summed E-state index contributed by atoms with van der Waals surface area (Å²) < 4.78 is 8.08. The van der Waals surface area contributed by atoms with Crippen molar-refractivity contribution in [3.63, 3.8) is 0 Å². The van der Waals surface area contributed by atoms with Crippen LogP contribution in [0.15, 0.2) is 41.7 Å². The Morgan fingerprint density at radius 3 is 2.81 bits per heavy atom. The number of nitrogens with one attached hydrogen (secondary N) is 2. The highest BCUT2D eigenvalue weighted by Gasteiger charge is 2.21. The van der Waals surface area contributed by atoms with Crippen molar-refractivity contribution in [2.24, 2.45) is 10.9 Å². The topological polar surface area (TPSA) is 66.7 Å². The van der Waals surface area contributed by atoms with Crippen LogP contribution in [0.2, 0.25) is 0 Å². The summed E-state index contributed by atoms with van der Waals surface area (Å²) in [6, 6.07) is 8.62. The molecule has 0 bridgehead atoms. The second kappa shape index (κ2) is 13.0. The zero-order valence-corrected chi connectivity index (χ0v) is 21.5. The molecule has 1 aromatic carbocycles. The number of benzene rings is 1. The van der Waals surface area contributed by atoms with Gasteiger partial charge in [0.25, 0.3) is 0 Å². The maximum absolute atomic E-state index is 5.93. The lowest BCUT2D eigenvalue weighted by Crippen LogP contribution is -2.50. The molecule has 31 heavy (non-hydrogen) atoms. The average molecular weight is 540 g/mol. The first-order valence-electron chi connectivity index (χ1n) is 10.9. The molecule has 2 N–H and O–H groups in total. The van der Waals surface area contributed by atoms with Gasteiger partial charge in [-0.25, -0.2) is 4.98 Å². The lowest BCUT2D eigenvalue weighted by Gasteiger charge is -2.34. The summed E-state index contributed by atoms with van der Waals surface area (Å²) in [6.45, 7) is 12.8. The molecule has 1 saturated heterocycles. The second-order valence-electron chi connectivity index (χ2n) is 8.38. The largest absolute Gasteiger partial charge is 0.374 e. The van der Waals surface area contributed by atoms with Gasteiger partial charge in [-0.15, -0.1) is 24.0 Å². The zero-order valence-electron chi connectivity index (χ0n) is 19.2. The van der Waals surface area contributed by atoms with Gasteiger partial charge in [-0.05, 0) is 24.0 Å². The Kier molecular flexibility index (Phi) is 10.8. The number of ether oxygens (including phenoxy) is 1. The lowest BCUT2D eigenvalue weighted by atomic mass is 10.1. The number of morpholine rings is 1. The molecular weight excluding hydrogens is 503 g/mol. The van der Waals surface area contributed by atoms with E-state index < -0.39 is 0 Å². The Balaban J connectivity index is 0.00000341. The Morgan fingerprint density at radius 1 is 1.29 bits per heavy atom. The minimum Gasteiger partial charge on any atom is -0.374 e. The van der Waals surface area contributed by atoms with E-state index in [-0.39, 0.29) is 30.1 Å². The molecule has 0 saturated carbocycles. The first kappa shape index (κ1) is 25.6. The highest BCUT2D eigenvalue weighted by Crippen LogP contribution is 2.09. The van der Waals surface area contributed by atoms with Crippen molar-refractivity contribution >= 4 is 29.9 Å². The molecule has 1 aliphatic heterocycles. The molecule has 1 atom stereocenters. The van der Waals surface area contributed by atoms with Gasteiger partial charge in [0, 0.05) is 58.7 Å². The van der Waals surface area contributed by atoms with Crippen molar-refractivity contribution in [2.45, 2.75) is 40.0 Å². The number of imidazole rings is 1. The molecule has 8 heteroatoms. The van der Waals surface area contributed by atoms with Crippen molar-refractivity contribution in [1.29, 1.82) is 0 Å². The fourth-order valence-electron chi connectivity index (χ4n) is 3.81. The van der Waals surface area contributed by atoms with E-state index in [2.05, 4.69) is 68.2 Å². The number of aliphatic imine (C=N–C) groups is 1. The Morgan fingerprint density at radius 2 is 2.10 bits per heavy atom.